The first-order chi connectivity index (χ1) is 16.9. The predicted octanol–water partition coefficient (Wildman–Crippen LogP) is 4.58. The first-order valence-electron chi connectivity index (χ1n) is 11.0. The van der Waals surface area contributed by atoms with Gasteiger partial charge in [0.1, 0.15) is 11.4 Å². The minimum atomic E-state index is -0.818. The summed E-state index contributed by atoms with van der Waals surface area (Å²) in [5.41, 5.74) is 2.75. The summed E-state index contributed by atoms with van der Waals surface area (Å²) in [6.45, 7) is 3.81. The smallest absolute Gasteiger partial charge is 0.296 e. The molecular weight excluding hydrogens is 448 g/mol. The Kier molecular flexibility index (Phi) is 5.43. The number of pyridine rings is 1. The average Bonchev–Trinajstić information content (AvgIpc) is 3.16. The minimum Gasteiger partial charge on any atom is -0.493 e. The van der Waals surface area contributed by atoms with E-state index < -0.39 is 11.9 Å². The van der Waals surface area contributed by atoms with E-state index in [2.05, 4.69) is 4.98 Å². The van der Waals surface area contributed by atoms with Crippen LogP contribution in [0.1, 0.15) is 38.9 Å². The molecule has 1 aliphatic heterocycles. The second-order valence-electron chi connectivity index (χ2n) is 8.40. The highest BCUT2D eigenvalue weighted by molar-refractivity contribution is 6.10. The number of ether oxygens (including phenoxy) is 3. The molecule has 1 atom stereocenters. The fraction of sp³-hybridized carbons (Fsp3) is 0.222. The van der Waals surface area contributed by atoms with E-state index >= 15 is 0 Å². The van der Waals surface area contributed by atoms with Gasteiger partial charge in [-0.2, -0.15) is 0 Å². The number of nitrogens with zero attached hydrogens (tertiary/aromatic N) is 2. The zero-order chi connectivity index (χ0) is 24.9. The number of carbonyl (C=O) groups is 1. The summed E-state index contributed by atoms with van der Waals surface area (Å²) in [5.74, 6) is 1.16. The molecule has 8 nitrogen and oxygen atoms in total. The van der Waals surface area contributed by atoms with Crippen molar-refractivity contribution < 1.29 is 23.4 Å². The fourth-order valence-corrected chi connectivity index (χ4v) is 4.55. The fourth-order valence-electron chi connectivity index (χ4n) is 4.55. The first-order valence-corrected chi connectivity index (χ1v) is 11.0. The van der Waals surface area contributed by atoms with E-state index in [-0.39, 0.29) is 16.8 Å². The van der Waals surface area contributed by atoms with Gasteiger partial charge >= 0.3 is 0 Å². The number of hydrogen-bond acceptors (Lipinski definition) is 7. The lowest BCUT2D eigenvalue weighted by Crippen LogP contribution is -2.30. The van der Waals surface area contributed by atoms with Crippen LogP contribution in [0.25, 0.3) is 11.0 Å². The van der Waals surface area contributed by atoms with Gasteiger partial charge in [0, 0.05) is 6.20 Å². The van der Waals surface area contributed by atoms with E-state index in [1.165, 1.54) is 26.2 Å². The molecule has 0 N–H and O–H groups in total. The van der Waals surface area contributed by atoms with Crippen LogP contribution < -0.4 is 24.5 Å². The molecule has 0 saturated carbocycles. The molecule has 1 aliphatic rings. The summed E-state index contributed by atoms with van der Waals surface area (Å²) in [5, 5.41) is 0.410. The highest BCUT2D eigenvalue weighted by Gasteiger charge is 2.45. The van der Waals surface area contributed by atoms with Crippen LogP contribution in [0, 0.1) is 13.8 Å². The van der Waals surface area contributed by atoms with Crippen molar-refractivity contribution in [2.75, 3.05) is 26.2 Å². The van der Waals surface area contributed by atoms with Crippen molar-refractivity contribution >= 4 is 22.7 Å². The van der Waals surface area contributed by atoms with Gasteiger partial charge in [0.25, 0.3) is 5.91 Å². The van der Waals surface area contributed by atoms with E-state index in [9.17, 15) is 9.59 Å². The molecule has 0 radical (unpaired) electrons. The number of fused-ring (bicyclic) bond motifs is 2. The van der Waals surface area contributed by atoms with Gasteiger partial charge in [0.05, 0.1) is 38.3 Å². The molecule has 1 amide bonds. The summed E-state index contributed by atoms with van der Waals surface area (Å²) >= 11 is 0. The summed E-state index contributed by atoms with van der Waals surface area (Å²) in [7, 11) is 4.54. The van der Waals surface area contributed by atoms with Crippen LogP contribution in [0.15, 0.2) is 57.9 Å². The van der Waals surface area contributed by atoms with Gasteiger partial charge in [0.2, 0.25) is 11.5 Å². The van der Waals surface area contributed by atoms with Gasteiger partial charge in [-0.05, 0) is 61.4 Å². The van der Waals surface area contributed by atoms with Crippen molar-refractivity contribution in [3.05, 3.63) is 86.9 Å². The summed E-state index contributed by atoms with van der Waals surface area (Å²) in [6.07, 6.45) is 1.63. The SMILES string of the molecule is COc1cc([C@@H]2c3c(oc4ccc(C)cc4c3=O)C(=O)N2c2cc(C)ccn2)cc(OC)c1OC. The lowest BCUT2D eigenvalue weighted by atomic mass is 9.97. The van der Waals surface area contributed by atoms with Gasteiger partial charge in [-0.15, -0.1) is 0 Å². The highest BCUT2D eigenvalue weighted by Crippen LogP contribution is 2.46. The number of benzene rings is 2. The van der Waals surface area contributed by atoms with Crippen LogP contribution in [-0.4, -0.2) is 32.2 Å². The summed E-state index contributed by atoms with van der Waals surface area (Å²) in [6, 6.07) is 11.6. The molecule has 178 valence electrons. The normalized spacial score (nSPS) is 14.8. The highest BCUT2D eigenvalue weighted by atomic mass is 16.5. The van der Waals surface area contributed by atoms with Gasteiger partial charge in [0.15, 0.2) is 16.9 Å². The topological polar surface area (TPSA) is 91.1 Å². The third-order valence-electron chi connectivity index (χ3n) is 6.18. The Labute approximate surface area is 201 Å². The summed E-state index contributed by atoms with van der Waals surface area (Å²) < 4.78 is 22.6. The Morgan fingerprint density at radius 3 is 2.20 bits per heavy atom. The van der Waals surface area contributed by atoms with Crippen molar-refractivity contribution in [1.82, 2.24) is 4.98 Å². The lowest BCUT2D eigenvalue weighted by molar-refractivity contribution is 0.0970. The van der Waals surface area contributed by atoms with Gasteiger partial charge in [-0.3, -0.25) is 14.5 Å². The van der Waals surface area contributed by atoms with Crippen LogP contribution in [0.3, 0.4) is 0 Å². The third kappa shape index (κ3) is 3.49. The zero-order valence-corrected chi connectivity index (χ0v) is 20.0. The monoisotopic (exact) mass is 472 g/mol. The number of methoxy groups -OCH3 is 3. The van der Waals surface area contributed by atoms with Crippen LogP contribution in [0.2, 0.25) is 0 Å². The van der Waals surface area contributed by atoms with Crippen molar-refractivity contribution in [1.29, 1.82) is 0 Å². The maximum Gasteiger partial charge on any atom is 0.296 e. The molecule has 0 unspecified atom stereocenters. The first kappa shape index (κ1) is 22.5. The molecular formula is C27H24N2O6. The molecule has 0 saturated heterocycles. The molecule has 8 heteroatoms. The van der Waals surface area contributed by atoms with Crippen LogP contribution in [-0.2, 0) is 0 Å². The maximum absolute atomic E-state index is 13.8. The standard InChI is InChI=1S/C27H24N2O6/c1-14-6-7-18-17(10-14)24(30)22-23(16-12-19(32-3)25(34-5)20(13-16)33-4)29(27(31)26(22)35-18)21-11-15(2)8-9-28-21/h6-13,23H,1-5H3/t23-/m1/s1. The average molecular weight is 472 g/mol. The second-order valence-corrected chi connectivity index (χ2v) is 8.40. The van der Waals surface area contributed by atoms with E-state index in [4.69, 9.17) is 18.6 Å². The molecule has 3 heterocycles. The van der Waals surface area contributed by atoms with Gasteiger partial charge in [-0.1, -0.05) is 11.6 Å². The molecule has 35 heavy (non-hydrogen) atoms. The quantitative estimate of drug-likeness (QED) is 0.420. The molecule has 5 rings (SSSR count). The largest absolute Gasteiger partial charge is 0.493 e. The number of anilines is 1. The number of aromatic nitrogens is 1. The Morgan fingerprint density at radius 2 is 1.57 bits per heavy atom. The Hall–Kier alpha value is -4.33. The van der Waals surface area contributed by atoms with Gasteiger partial charge < -0.3 is 18.6 Å². The molecule has 0 spiro atoms. The predicted molar refractivity (Wildman–Crippen MR) is 131 cm³/mol. The second kappa shape index (κ2) is 8.47. The molecule has 0 aliphatic carbocycles. The molecule has 2 aromatic heterocycles. The lowest BCUT2D eigenvalue weighted by Gasteiger charge is -2.25. The zero-order valence-electron chi connectivity index (χ0n) is 20.0. The number of carbonyl (C=O) groups excluding carboxylic acids is 1. The van der Waals surface area contributed by atoms with E-state index in [0.29, 0.717) is 39.6 Å². The number of amides is 1. The Morgan fingerprint density at radius 1 is 0.886 bits per heavy atom. The maximum atomic E-state index is 13.8. The Bertz CT molecular complexity index is 1520. The van der Waals surface area contributed by atoms with Crippen molar-refractivity contribution in [2.45, 2.75) is 19.9 Å². The molecule has 0 fully saturated rings. The summed E-state index contributed by atoms with van der Waals surface area (Å²) in [4.78, 5) is 33.5. The van der Waals surface area contributed by atoms with Crippen molar-refractivity contribution in [3.63, 3.8) is 0 Å². The minimum absolute atomic E-state index is 0.00610. The van der Waals surface area contributed by atoms with Gasteiger partial charge in [-0.25, -0.2) is 4.98 Å². The van der Waals surface area contributed by atoms with Crippen LogP contribution >= 0.6 is 0 Å². The number of aryl methyl sites for hydroxylation is 2. The van der Waals surface area contributed by atoms with E-state index in [0.717, 1.165) is 11.1 Å². The number of hydrogen-bond donors (Lipinski definition) is 0. The third-order valence-corrected chi connectivity index (χ3v) is 6.18. The molecule has 4 aromatic rings. The van der Waals surface area contributed by atoms with Crippen LogP contribution in [0.4, 0.5) is 5.82 Å². The van der Waals surface area contributed by atoms with Crippen molar-refractivity contribution in [3.8, 4) is 17.2 Å². The number of rotatable bonds is 5. The Balaban J connectivity index is 1.85. The van der Waals surface area contributed by atoms with E-state index in [1.807, 2.05) is 26.0 Å². The van der Waals surface area contributed by atoms with Crippen molar-refractivity contribution in [2.24, 2.45) is 0 Å². The van der Waals surface area contributed by atoms with Crippen LogP contribution in [0.5, 0.6) is 17.2 Å². The molecule has 0 bridgehead atoms. The molecule has 2 aromatic carbocycles. The van der Waals surface area contributed by atoms with E-state index in [1.54, 1.807) is 36.5 Å².